The Bertz CT molecular complexity index is 508. The van der Waals surface area contributed by atoms with E-state index < -0.39 is 6.43 Å². The number of benzene rings is 1. The predicted molar refractivity (Wildman–Crippen MR) is 61.0 cm³/mol. The van der Waals surface area contributed by atoms with Crippen LogP contribution in [0.5, 0.6) is 0 Å². The summed E-state index contributed by atoms with van der Waals surface area (Å²) in [5.41, 5.74) is 1.65. The van der Waals surface area contributed by atoms with Crippen LogP contribution in [0.4, 0.5) is 8.78 Å². The van der Waals surface area contributed by atoms with Crippen LogP contribution in [0.15, 0.2) is 24.3 Å². The van der Waals surface area contributed by atoms with E-state index >= 15 is 0 Å². The summed E-state index contributed by atoms with van der Waals surface area (Å²) in [6, 6.07) is 7.17. The van der Waals surface area contributed by atoms with Crippen molar-refractivity contribution in [2.45, 2.75) is 12.3 Å². The van der Waals surface area contributed by atoms with Crippen molar-refractivity contribution in [2.24, 2.45) is 7.05 Å². The first kappa shape index (κ1) is 12.0. The zero-order valence-electron chi connectivity index (χ0n) is 9.07. The lowest BCUT2D eigenvalue weighted by Crippen LogP contribution is -1.98. The Balaban J connectivity index is 2.36. The van der Waals surface area contributed by atoms with Crippen molar-refractivity contribution in [2.75, 3.05) is 0 Å². The number of rotatable bonds is 3. The third-order valence-corrected chi connectivity index (χ3v) is 2.67. The average molecular weight is 258 g/mol. The quantitative estimate of drug-likeness (QED) is 0.791. The van der Waals surface area contributed by atoms with Crippen LogP contribution in [0.2, 0.25) is 0 Å². The van der Waals surface area contributed by atoms with Crippen molar-refractivity contribution >= 4 is 11.6 Å². The molecule has 1 aromatic carbocycles. The average Bonchev–Trinajstić information content (AvgIpc) is 2.71. The zero-order valence-corrected chi connectivity index (χ0v) is 9.83. The molecule has 0 saturated heterocycles. The number of halogens is 3. The fraction of sp³-hybridized carbons (Fsp3) is 0.273. The van der Waals surface area contributed by atoms with Gasteiger partial charge in [0.25, 0.3) is 6.43 Å². The Labute approximate surface area is 102 Å². The normalized spacial score (nSPS) is 11.1. The molecule has 0 aliphatic heterocycles. The molecule has 0 aliphatic rings. The Morgan fingerprint density at radius 3 is 2.41 bits per heavy atom. The maximum Gasteiger partial charge on any atom is 0.297 e. The van der Waals surface area contributed by atoms with Crippen LogP contribution in [0.25, 0.3) is 11.4 Å². The topological polar surface area (TPSA) is 30.7 Å². The van der Waals surface area contributed by atoms with Gasteiger partial charge < -0.3 is 0 Å². The van der Waals surface area contributed by atoms with E-state index in [-0.39, 0.29) is 5.82 Å². The van der Waals surface area contributed by atoms with Crippen LogP contribution in [0.1, 0.15) is 17.8 Å². The summed E-state index contributed by atoms with van der Waals surface area (Å²) in [5, 5.41) is 3.95. The largest absolute Gasteiger partial charge is 0.297 e. The predicted octanol–water partition coefficient (Wildman–Crippen LogP) is 3.16. The molecule has 2 rings (SSSR count). The lowest BCUT2D eigenvalue weighted by molar-refractivity contribution is 0.135. The van der Waals surface area contributed by atoms with E-state index in [1.807, 2.05) is 12.1 Å². The third kappa shape index (κ3) is 2.44. The molecule has 0 N–H and O–H groups in total. The van der Waals surface area contributed by atoms with E-state index in [9.17, 15) is 8.78 Å². The third-order valence-electron chi connectivity index (χ3n) is 2.36. The van der Waals surface area contributed by atoms with Gasteiger partial charge in [-0.1, -0.05) is 24.3 Å². The minimum absolute atomic E-state index is 0.295. The first-order valence-corrected chi connectivity index (χ1v) is 5.49. The molecule has 0 amide bonds. The summed E-state index contributed by atoms with van der Waals surface area (Å²) in [7, 11) is 1.45. The van der Waals surface area contributed by atoms with Crippen LogP contribution in [-0.2, 0) is 12.9 Å². The first-order valence-electron chi connectivity index (χ1n) is 4.96. The Hall–Kier alpha value is -1.49. The van der Waals surface area contributed by atoms with E-state index in [2.05, 4.69) is 10.1 Å². The molecule has 90 valence electrons. The van der Waals surface area contributed by atoms with Crippen LogP contribution >= 0.6 is 11.6 Å². The highest BCUT2D eigenvalue weighted by Gasteiger charge is 2.17. The molecular weight excluding hydrogens is 248 g/mol. The van der Waals surface area contributed by atoms with Gasteiger partial charge in [0.15, 0.2) is 11.6 Å². The van der Waals surface area contributed by atoms with Crippen LogP contribution in [0, 0.1) is 0 Å². The van der Waals surface area contributed by atoms with Gasteiger partial charge in [-0.3, -0.25) is 0 Å². The molecule has 1 heterocycles. The number of nitrogens with zero attached hydrogens (tertiary/aromatic N) is 3. The maximum atomic E-state index is 12.5. The monoisotopic (exact) mass is 257 g/mol. The number of hydrogen-bond donors (Lipinski definition) is 0. The van der Waals surface area contributed by atoms with E-state index in [1.54, 1.807) is 12.1 Å². The molecular formula is C11H10ClF2N3. The highest BCUT2D eigenvalue weighted by atomic mass is 35.5. The summed E-state index contributed by atoms with van der Waals surface area (Å²) in [6.45, 7) is 0. The minimum Gasteiger partial charge on any atom is -0.247 e. The fourth-order valence-corrected chi connectivity index (χ4v) is 1.63. The molecule has 3 nitrogen and oxygen atoms in total. The maximum absolute atomic E-state index is 12.5. The smallest absolute Gasteiger partial charge is 0.247 e. The molecule has 0 bridgehead atoms. The molecule has 0 saturated carbocycles. The van der Waals surface area contributed by atoms with Gasteiger partial charge in [-0.05, 0) is 5.56 Å². The van der Waals surface area contributed by atoms with Gasteiger partial charge in [0.2, 0.25) is 0 Å². The summed E-state index contributed by atoms with van der Waals surface area (Å²) in [4.78, 5) is 3.80. The second-order valence-electron chi connectivity index (χ2n) is 3.55. The second kappa shape index (κ2) is 4.79. The zero-order chi connectivity index (χ0) is 12.4. The molecule has 17 heavy (non-hydrogen) atoms. The van der Waals surface area contributed by atoms with Gasteiger partial charge in [0, 0.05) is 18.5 Å². The Morgan fingerprint density at radius 1 is 1.29 bits per heavy atom. The van der Waals surface area contributed by atoms with Crippen LogP contribution < -0.4 is 0 Å². The van der Waals surface area contributed by atoms with Gasteiger partial charge in [0.1, 0.15) is 0 Å². The molecule has 0 fully saturated rings. The Morgan fingerprint density at radius 2 is 1.94 bits per heavy atom. The fourth-order valence-electron chi connectivity index (χ4n) is 1.45. The standard InChI is InChI=1S/C11H10ClF2N3/c1-17-11(9(13)14)15-10(16-17)8-4-2-7(6-12)3-5-8/h2-5,9H,6H2,1H3. The van der Waals surface area contributed by atoms with Crippen molar-refractivity contribution in [1.29, 1.82) is 0 Å². The molecule has 0 radical (unpaired) electrons. The van der Waals surface area contributed by atoms with Crippen molar-refractivity contribution < 1.29 is 8.78 Å². The molecule has 2 aromatic rings. The molecule has 0 atom stereocenters. The lowest BCUT2D eigenvalue weighted by Gasteiger charge is -1.97. The first-order chi connectivity index (χ1) is 8.11. The highest BCUT2D eigenvalue weighted by molar-refractivity contribution is 6.17. The van der Waals surface area contributed by atoms with Gasteiger partial charge >= 0.3 is 0 Å². The van der Waals surface area contributed by atoms with Crippen molar-refractivity contribution in [1.82, 2.24) is 14.8 Å². The summed E-state index contributed by atoms with van der Waals surface area (Å²) in [6.07, 6.45) is -2.62. The van der Waals surface area contributed by atoms with Gasteiger partial charge in [-0.15, -0.1) is 11.6 Å². The lowest BCUT2D eigenvalue weighted by atomic mass is 10.1. The number of hydrogen-bond acceptors (Lipinski definition) is 2. The van der Waals surface area contributed by atoms with Gasteiger partial charge in [0.05, 0.1) is 0 Å². The highest BCUT2D eigenvalue weighted by Crippen LogP contribution is 2.21. The van der Waals surface area contributed by atoms with Crippen molar-refractivity contribution in [3.63, 3.8) is 0 Å². The summed E-state index contributed by atoms with van der Waals surface area (Å²) >= 11 is 5.66. The van der Waals surface area contributed by atoms with Gasteiger partial charge in [-0.25, -0.2) is 18.4 Å². The molecule has 0 aliphatic carbocycles. The number of aromatic nitrogens is 3. The molecule has 1 aromatic heterocycles. The summed E-state index contributed by atoms with van der Waals surface area (Å²) in [5.74, 6) is 0.378. The second-order valence-corrected chi connectivity index (χ2v) is 3.82. The van der Waals surface area contributed by atoms with E-state index in [4.69, 9.17) is 11.6 Å². The number of alkyl halides is 3. The minimum atomic E-state index is -2.62. The molecule has 6 heteroatoms. The van der Waals surface area contributed by atoms with Crippen LogP contribution in [-0.4, -0.2) is 14.8 Å². The van der Waals surface area contributed by atoms with E-state index in [0.29, 0.717) is 17.3 Å². The van der Waals surface area contributed by atoms with Gasteiger partial charge in [-0.2, -0.15) is 5.10 Å². The number of aryl methyl sites for hydroxylation is 1. The Kier molecular flexibility index (Phi) is 3.38. The van der Waals surface area contributed by atoms with Crippen LogP contribution in [0.3, 0.4) is 0 Å². The van der Waals surface area contributed by atoms with E-state index in [0.717, 1.165) is 10.2 Å². The molecule has 0 unspecified atom stereocenters. The SMILES string of the molecule is Cn1nc(-c2ccc(CCl)cc2)nc1C(F)F. The summed E-state index contributed by atoms with van der Waals surface area (Å²) < 4.78 is 26.2. The van der Waals surface area contributed by atoms with Crippen molar-refractivity contribution in [3.05, 3.63) is 35.7 Å². The molecule has 0 spiro atoms. The van der Waals surface area contributed by atoms with Crippen molar-refractivity contribution in [3.8, 4) is 11.4 Å². The van der Waals surface area contributed by atoms with E-state index in [1.165, 1.54) is 7.05 Å².